The molecule has 0 bridgehead atoms. The minimum Gasteiger partial charge on any atom is -0.309 e. The Morgan fingerprint density at radius 2 is 1.36 bits per heavy atom. The molecule has 1 heterocycles. The number of benzene rings is 2. The Balaban J connectivity index is 1.82. The minimum absolute atomic E-state index is 0.406. The zero-order valence-electron chi connectivity index (χ0n) is 15.0. The summed E-state index contributed by atoms with van der Waals surface area (Å²) in [6.07, 6.45) is 0.416. The first kappa shape index (κ1) is 18.3. The second-order valence-electron chi connectivity index (χ2n) is 6.20. The molecule has 0 saturated heterocycles. The van der Waals surface area contributed by atoms with E-state index in [0.29, 0.717) is 25.9 Å². The predicted octanol–water partition coefficient (Wildman–Crippen LogP) is 4.94. The highest BCUT2D eigenvalue weighted by Gasteiger charge is 2.26. The molecule has 0 saturated carbocycles. The summed E-state index contributed by atoms with van der Waals surface area (Å²) < 4.78 is 23.6. The van der Waals surface area contributed by atoms with Gasteiger partial charge < -0.3 is 9.05 Å². The lowest BCUT2D eigenvalue weighted by molar-refractivity contribution is 0.209. The van der Waals surface area contributed by atoms with Crippen LogP contribution in [0.1, 0.15) is 25.0 Å². The van der Waals surface area contributed by atoms with Crippen molar-refractivity contribution >= 4 is 7.60 Å². The maximum absolute atomic E-state index is 12.8. The van der Waals surface area contributed by atoms with Crippen molar-refractivity contribution in [2.24, 2.45) is 0 Å². The molecule has 25 heavy (non-hydrogen) atoms. The van der Waals surface area contributed by atoms with Crippen LogP contribution in [0, 0.1) is 0 Å². The van der Waals surface area contributed by atoms with E-state index in [2.05, 4.69) is 53.4 Å². The number of fused-ring (bicyclic) bond motifs is 3. The van der Waals surface area contributed by atoms with Crippen molar-refractivity contribution < 1.29 is 13.6 Å². The van der Waals surface area contributed by atoms with Gasteiger partial charge in [-0.3, -0.25) is 9.46 Å². The Kier molecular flexibility index (Phi) is 6.08. The van der Waals surface area contributed by atoms with Crippen LogP contribution in [0.15, 0.2) is 48.5 Å². The summed E-state index contributed by atoms with van der Waals surface area (Å²) in [6.45, 7) is 6.87. The monoisotopic (exact) mass is 359 g/mol. The van der Waals surface area contributed by atoms with E-state index in [4.69, 9.17) is 9.05 Å². The second kappa shape index (κ2) is 8.29. The average molecular weight is 359 g/mol. The first-order valence-electron chi connectivity index (χ1n) is 8.92. The van der Waals surface area contributed by atoms with Crippen molar-refractivity contribution in [1.29, 1.82) is 0 Å². The highest BCUT2D eigenvalue weighted by molar-refractivity contribution is 7.53. The Morgan fingerprint density at radius 3 is 1.84 bits per heavy atom. The molecule has 3 rings (SSSR count). The van der Waals surface area contributed by atoms with Crippen LogP contribution in [0.5, 0.6) is 0 Å². The SMILES string of the molecule is CCOP(=O)(CCN1Cc2ccccc2-c2ccccc2C1)OCC. The maximum Gasteiger partial charge on any atom is 0.331 e. The van der Waals surface area contributed by atoms with Crippen molar-refractivity contribution in [2.45, 2.75) is 26.9 Å². The summed E-state index contributed by atoms with van der Waals surface area (Å²) in [4.78, 5) is 2.33. The molecule has 2 aromatic rings. The predicted molar refractivity (Wildman–Crippen MR) is 102 cm³/mol. The van der Waals surface area contributed by atoms with Crippen LogP contribution in [0.2, 0.25) is 0 Å². The first-order valence-corrected chi connectivity index (χ1v) is 10.6. The molecule has 0 aliphatic carbocycles. The topological polar surface area (TPSA) is 38.8 Å². The highest BCUT2D eigenvalue weighted by Crippen LogP contribution is 2.48. The average Bonchev–Trinajstić information content (AvgIpc) is 2.77. The molecular formula is C20H26NO3P. The molecular weight excluding hydrogens is 333 g/mol. The smallest absolute Gasteiger partial charge is 0.309 e. The summed E-state index contributed by atoms with van der Waals surface area (Å²) >= 11 is 0. The molecule has 4 nitrogen and oxygen atoms in total. The van der Waals surface area contributed by atoms with Gasteiger partial charge >= 0.3 is 7.60 Å². The van der Waals surface area contributed by atoms with E-state index in [-0.39, 0.29) is 0 Å². The zero-order chi connectivity index (χ0) is 17.7. The minimum atomic E-state index is -3.01. The van der Waals surface area contributed by atoms with Gasteiger partial charge in [-0.25, -0.2) is 0 Å². The zero-order valence-corrected chi connectivity index (χ0v) is 15.9. The fourth-order valence-corrected chi connectivity index (χ4v) is 5.01. The number of hydrogen-bond acceptors (Lipinski definition) is 4. The first-order chi connectivity index (χ1) is 12.1. The molecule has 0 amide bonds. The molecule has 0 atom stereocenters. The highest BCUT2D eigenvalue weighted by atomic mass is 31.2. The number of rotatable bonds is 7. The van der Waals surface area contributed by atoms with Crippen molar-refractivity contribution in [2.75, 3.05) is 25.9 Å². The molecule has 0 spiro atoms. The van der Waals surface area contributed by atoms with Crippen molar-refractivity contribution in [3.05, 3.63) is 59.7 Å². The fraction of sp³-hybridized carbons (Fsp3) is 0.400. The van der Waals surface area contributed by atoms with Gasteiger partial charge in [0.05, 0.1) is 19.4 Å². The Morgan fingerprint density at radius 1 is 0.880 bits per heavy atom. The number of hydrogen-bond donors (Lipinski definition) is 0. The molecule has 0 fully saturated rings. The second-order valence-corrected chi connectivity index (χ2v) is 8.38. The van der Waals surface area contributed by atoms with Crippen LogP contribution >= 0.6 is 7.60 Å². The molecule has 2 aromatic carbocycles. The van der Waals surface area contributed by atoms with Crippen molar-refractivity contribution in [1.82, 2.24) is 4.90 Å². The molecule has 0 aromatic heterocycles. The van der Waals surface area contributed by atoms with Crippen LogP contribution in [0.4, 0.5) is 0 Å². The van der Waals surface area contributed by atoms with Gasteiger partial charge in [0.15, 0.2) is 0 Å². The van der Waals surface area contributed by atoms with Crippen LogP contribution in [-0.4, -0.2) is 30.8 Å². The molecule has 0 radical (unpaired) electrons. The third kappa shape index (κ3) is 4.39. The summed E-state index contributed by atoms with van der Waals surface area (Å²) in [5, 5.41) is 0. The van der Waals surface area contributed by atoms with E-state index in [1.54, 1.807) is 0 Å². The lowest BCUT2D eigenvalue weighted by atomic mass is 9.97. The summed E-state index contributed by atoms with van der Waals surface area (Å²) in [7, 11) is -3.01. The Labute approximate surface area is 150 Å². The van der Waals surface area contributed by atoms with Gasteiger partial charge in [-0.15, -0.1) is 0 Å². The van der Waals surface area contributed by atoms with E-state index in [0.717, 1.165) is 13.1 Å². The third-order valence-corrected chi connectivity index (χ3v) is 6.51. The maximum atomic E-state index is 12.8. The van der Waals surface area contributed by atoms with Gasteiger partial charge in [0.25, 0.3) is 0 Å². The number of nitrogens with zero attached hydrogens (tertiary/aromatic N) is 1. The van der Waals surface area contributed by atoms with Crippen molar-refractivity contribution in [3.8, 4) is 11.1 Å². The Hall–Kier alpha value is -1.45. The van der Waals surface area contributed by atoms with E-state index >= 15 is 0 Å². The quantitative estimate of drug-likeness (QED) is 0.657. The molecule has 0 N–H and O–H groups in total. The lowest BCUT2D eigenvalue weighted by Crippen LogP contribution is -2.26. The van der Waals surface area contributed by atoms with Gasteiger partial charge in [0.2, 0.25) is 0 Å². The van der Waals surface area contributed by atoms with Gasteiger partial charge in [0.1, 0.15) is 0 Å². The van der Waals surface area contributed by atoms with Gasteiger partial charge in [-0.1, -0.05) is 48.5 Å². The molecule has 1 aliphatic heterocycles. The standard InChI is InChI=1S/C20H26NO3P/c1-3-23-25(22,24-4-2)14-13-21-15-17-9-5-7-11-19(17)20-12-8-6-10-18(20)16-21/h5-12H,3-4,13-16H2,1-2H3. The van der Waals surface area contributed by atoms with Gasteiger partial charge in [-0.05, 0) is 36.1 Å². The van der Waals surface area contributed by atoms with Crippen LogP contribution < -0.4 is 0 Å². The van der Waals surface area contributed by atoms with Crippen LogP contribution in [0.3, 0.4) is 0 Å². The lowest BCUT2D eigenvalue weighted by Gasteiger charge is -2.24. The molecule has 134 valence electrons. The molecule has 1 aliphatic rings. The van der Waals surface area contributed by atoms with Gasteiger partial charge in [0, 0.05) is 19.6 Å². The van der Waals surface area contributed by atoms with Gasteiger partial charge in [-0.2, -0.15) is 0 Å². The molecule has 5 heteroatoms. The van der Waals surface area contributed by atoms with Crippen LogP contribution in [-0.2, 0) is 26.7 Å². The van der Waals surface area contributed by atoms with E-state index in [1.807, 2.05) is 13.8 Å². The van der Waals surface area contributed by atoms with E-state index in [1.165, 1.54) is 22.3 Å². The van der Waals surface area contributed by atoms with Crippen LogP contribution in [0.25, 0.3) is 11.1 Å². The third-order valence-electron chi connectivity index (χ3n) is 4.45. The van der Waals surface area contributed by atoms with E-state index in [9.17, 15) is 4.57 Å². The summed E-state index contributed by atoms with van der Waals surface area (Å²) in [5.74, 6) is 0. The van der Waals surface area contributed by atoms with Crippen molar-refractivity contribution in [3.63, 3.8) is 0 Å². The fourth-order valence-electron chi connectivity index (χ4n) is 3.36. The normalized spacial score (nSPS) is 14.6. The summed E-state index contributed by atoms with van der Waals surface area (Å²) in [6, 6.07) is 17.1. The largest absolute Gasteiger partial charge is 0.331 e. The Bertz CT molecular complexity index is 705. The summed E-state index contributed by atoms with van der Waals surface area (Å²) in [5.41, 5.74) is 5.18. The van der Waals surface area contributed by atoms with E-state index < -0.39 is 7.60 Å². The molecule has 0 unspecified atom stereocenters.